The average Bonchev–Trinajstić information content (AvgIpc) is 4.19. The zero-order valence-corrected chi connectivity index (χ0v) is 40.3. The Morgan fingerprint density at radius 1 is 0.614 bits per heavy atom. The number of carbonyl (C=O) groups is 1. The lowest BCUT2D eigenvalue weighted by Crippen LogP contribution is -2.36. The molecule has 1 unspecified atom stereocenters. The fraction of sp³-hybridized carbons (Fsp3) is 0.196. The molecular weight excluding hydrogens is 931 g/mol. The highest BCUT2D eigenvalue weighted by molar-refractivity contribution is 7.90. The van der Waals surface area contributed by atoms with Crippen molar-refractivity contribution in [2.75, 3.05) is 13.1 Å². The average molecular weight is 978 g/mol. The Hall–Kier alpha value is -8.03. The Morgan fingerprint density at radius 3 is 1.53 bits per heavy atom. The number of rotatable bonds is 8. The molecule has 1 aliphatic heterocycles. The summed E-state index contributed by atoms with van der Waals surface area (Å²) >= 11 is 0. The van der Waals surface area contributed by atoms with Gasteiger partial charge in [-0.3, -0.25) is 8.80 Å². The first kappa shape index (κ1) is 45.7. The molecule has 1 atom stereocenters. The van der Waals surface area contributed by atoms with E-state index < -0.39 is 25.6 Å². The van der Waals surface area contributed by atoms with Gasteiger partial charge in [-0.25, -0.2) is 49.5 Å². The van der Waals surface area contributed by atoms with Crippen molar-refractivity contribution in [1.82, 2.24) is 41.6 Å². The SMILES string of the molecule is Cc1ccc(S(=O)(=O)n2ccc3c2ncc2c(-c4ccc(O)cc4)ncn23)cc1.Cc1ccc(S(=O)(=O)n2ccc3c2ncc2c(-c4ccc(OC5CCN(C(=O)OC(C)(C)C)C5)cc4)ncn23)cc1. The maximum absolute atomic E-state index is 13.3. The van der Waals surface area contributed by atoms with Gasteiger partial charge in [0.15, 0.2) is 11.3 Å². The molecule has 0 spiro atoms. The molecule has 6 aromatic heterocycles. The zero-order chi connectivity index (χ0) is 49.1. The van der Waals surface area contributed by atoms with Crippen LogP contribution in [0, 0.1) is 13.8 Å². The molecule has 7 heterocycles. The summed E-state index contributed by atoms with van der Waals surface area (Å²) in [5, 5.41) is 9.50. The number of fused-ring (bicyclic) bond motifs is 6. The first-order valence-corrected chi connectivity index (χ1v) is 25.2. The van der Waals surface area contributed by atoms with Crippen molar-refractivity contribution in [2.45, 2.75) is 62.5 Å². The summed E-state index contributed by atoms with van der Waals surface area (Å²) in [7, 11) is -7.57. The number of hydrogen-bond acceptors (Lipinski definition) is 12. The smallest absolute Gasteiger partial charge is 0.410 e. The quantitative estimate of drug-likeness (QED) is 0.152. The number of ether oxygens (including phenoxy) is 2. The highest BCUT2D eigenvalue weighted by atomic mass is 32.2. The Labute approximate surface area is 403 Å². The van der Waals surface area contributed by atoms with E-state index in [4.69, 9.17) is 9.47 Å². The fourth-order valence-electron chi connectivity index (χ4n) is 8.31. The number of aryl methyl sites for hydroxylation is 2. The van der Waals surface area contributed by atoms with Gasteiger partial charge in [0, 0.05) is 36.5 Å². The molecule has 70 heavy (non-hydrogen) atoms. The first-order valence-electron chi connectivity index (χ1n) is 22.3. The maximum atomic E-state index is 13.3. The summed E-state index contributed by atoms with van der Waals surface area (Å²) in [6.45, 7) is 10.4. The molecule has 1 saturated heterocycles. The molecule has 1 aliphatic rings. The van der Waals surface area contributed by atoms with Crippen LogP contribution in [0.15, 0.2) is 156 Å². The lowest BCUT2D eigenvalue weighted by atomic mass is 10.1. The van der Waals surface area contributed by atoms with Crippen molar-refractivity contribution >= 4 is 59.5 Å². The second-order valence-corrected chi connectivity index (χ2v) is 21.6. The van der Waals surface area contributed by atoms with E-state index in [0.717, 1.165) is 45.4 Å². The number of amides is 1. The van der Waals surface area contributed by atoms with Gasteiger partial charge in [-0.1, -0.05) is 35.4 Å². The normalized spacial score (nSPS) is 14.4. The van der Waals surface area contributed by atoms with Gasteiger partial charge >= 0.3 is 6.09 Å². The largest absolute Gasteiger partial charge is 0.508 e. The minimum absolute atomic E-state index is 0.112. The Bertz CT molecular complexity index is 3820. The molecule has 10 aromatic rings. The molecule has 0 saturated carbocycles. The summed E-state index contributed by atoms with van der Waals surface area (Å²) in [4.78, 5) is 32.5. The van der Waals surface area contributed by atoms with Crippen LogP contribution < -0.4 is 4.74 Å². The van der Waals surface area contributed by atoms with Gasteiger partial charge in [0.05, 0.1) is 62.2 Å². The van der Waals surface area contributed by atoms with Crippen LogP contribution in [0.25, 0.3) is 55.9 Å². The third-order valence-corrected chi connectivity index (χ3v) is 15.2. The second kappa shape index (κ2) is 17.5. The molecule has 0 aliphatic carbocycles. The van der Waals surface area contributed by atoms with Gasteiger partial charge in [0.25, 0.3) is 20.0 Å². The van der Waals surface area contributed by atoms with E-state index in [0.29, 0.717) is 46.9 Å². The number of benzene rings is 4. The van der Waals surface area contributed by atoms with Crippen molar-refractivity contribution in [3.8, 4) is 34.0 Å². The van der Waals surface area contributed by atoms with Gasteiger partial charge in [-0.2, -0.15) is 0 Å². The van der Waals surface area contributed by atoms with E-state index >= 15 is 0 Å². The molecular formula is C51H47N9O8S2. The van der Waals surface area contributed by atoms with Crippen molar-refractivity contribution in [2.24, 2.45) is 0 Å². The number of nitrogens with zero attached hydrogens (tertiary/aromatic N) is 9. The van der Waals surface area contributed by atoms with E-state index in [1.54, 1.807) is 115 Å². The molecule has 1 amide bonds. The predicted octanol–water partition coefficient (Wildman–Crippen LogP) is 8.89. The van der Waals surface area contributed by atoms with Crippen LogP contribution in [0.1, 0.15) is 38.3 Å². The Balaban J connectivity index is 0.000000172. The predicted molar refractivity (Wildman–Crippen MR) is 264 cm³/mol. The molecule has 356 valence electrons. The summed E-state index contributed by atoms with van der Waals surface area (Å²) in [5.74, 6) is 0.878. The lowest BCUT2D eigenvalue weighted by molar-refractivity contribution is 0.0275. The molecule has 0 bridgehead atoms. The van der Waals surface area contributed by atoms with Gasteiger partial charge in [0.1, 0.15) is 35.9 Å². The van der Waals surface area contributed by atoms with Crippen LogP contribution in [0.2, 0.25) is 0 Å². The molecule has 11 rings (SSSR count). The Kier molecular flexibility index (Phi) is 11.4. The third-order valence-electron chi connectivity index (χ3n) is 11.9. The highest BCUT2D eigenvalue weighted by Crippen LogP contribution is 2.31. The summed E-state index contributed by atoms with van der Waals surface area (Å²) < 4.78 is 70.4. The van der Waals surface area contributed by atoms with Crippen LogP contribution in [0.4, 0.5) is 4.79 Å². The number of phenols is 1. The monoisotopic (exact) mass is 977 g/mol. The summed E-state index contributed by atoms with van der Waals surface area (Å²) in [5.41, 5.74) is 7.97. The number of phenolic OH excluding ortho intramolecular Hbond substituents is 1. The van der Waals surface area contributed by atoms with Crippen molar-refractivity contribution in [3.05, 3.63) is 158 Å². The molecule has 1 N–H and O–H groups in total. The van der Waals surface area contributed by atoms with Gasteiger partial charge in [-0.05, 0) is 120 Å². The maximum Gasteiger partial charge on any atom is 0.410 e. The van der Waals surface area contributed by atoms with Gasteiger partial charge in [0.2, 0.25) is 0 Å². The van der Waals surface area contributed by atoms with E-state index in [2.05, 4.69) is 19.9 Å². The number of aromatic hydroxyl groups is 1. The number of aromatic nitrogens is 8. The van der Waals surface area contributed by atoms with E-state index in [1.165, 1.54) is 20.3 Å². The standard InChI is InChI=1S/C30H31N5O5S.C21H16N4O3S/c1-20-5-11-24(12-6-20)41(37,38)35-16-14-25-28(35)31-17-26-27(32-19-34(25)26)21-7-9-22(10-8-21)39-23-13-15-33(18-23)29(36)40-30(2,3)4;1-14-2-8-17(9-3-14)29(27,28)25-11-10-18-21(25)22-12-19-20(23-13-24(18)19)15-4-6-16(26)7-5-15/h5-12,14,16-17,19,23H,13,15,18H2,1-4H3;2-13,26H,1H3. The molecule has 17 nitrogen and oxygen atoms in total. The summed E-state index contributed by atoms with van der Waals surface area (Å²) in [6.07, 6.45) is 9.89. The van der Waals surface area contributed by atoms with Crippen molar-refractivity contribution < 1.29 is 36.2 Å². The van der Waals surface area contributed by atoms with Crippen LogP contribution >= 0.6 is 0 Å². The number of carbonyl (C=O) groups excluding carboxylic acids is 1. The zero-order valence-electron chi connectivity index (χ0n) is 38.7. The number of hydrogen-bond donors (Lipinski definition) is 1. The molecule has 4 aromatic carbocycles. The molecule has 0 radical (unpaired) electrons. The van der Waals surface area contributed by atoms with Crippen molar-refractivity contribution in [1.29, 1.82) is 0 Å². The van der Waals surface area contributed by atoms with Crippen molar-refractivity contribution in [3.63, 3.8) is 0 Å². The highest BCUT2D eigenvalue weighted by Gasteiger charge is 2.31. The van der Waals surface area contributed by atoms with Crippen LogP contribution in [0.5, 0.6) is 11.5 Å². The number of likely N-dealkylation sites (tertiary alicyclic amines) is 1. The van der Waals surface area contributed by atoms with E-state index in [-0.39, 0.29) is 27.7 Å². The van der Waals surface area contributed by atoms with Crippen LogP contribution in [-0.4, -0.2) is 94.4 Å². The minimum atomic E-state index is -3.81. The molecule has 1 fully saturated rings. The fourth-order valence-corrected chi connectivity index (χ4v) is 10.9. The Morgan fingerprint density at radius 2 is 1.07 bits per heavy atom. The minimum Gasteiger partial charge on any atom is -0.508 e. The third kappa shape index (κ3) is 8.57. The topological polar surface area (TPSA) is 198 Å². The van der Waals surface area contributed by atoms with Gasteiger partial charge < -0.3 is 19.5 Å². The van der Waals surface area contributed by atoms with Crippen LogP contribution in [-0.2, 0) is 24.8 Å². The number of imidazole rings is 2. The van der Waals surface area contributed by atoms with Crippen LogP contribution in [0.3, 0.4) is 0 Å². The lowest BCUT2D eigenvalue weighted by Gasteiger charge is -2.24. The van der Waals surface area contributed by atoms with E-state index in [9.17, 15) is 26.7 Å². The van der Waals surface area contributed by atoms with Gasteiger partial charge in [-0.15, -0.1) is 0 Å². The first-order chi connectivity index (χ1) is 33.4. The summed E-state index contributed by atoms with van der Waals surface area (Å²) in [6, 6.07) is 31.3. The van der Waals surface area contributed by atoms with E-state index in [1.807, 2.05) is 67.7 Å². The molecule has 19 heteroatoms. The second-order valence-electron chi connectivity index (χ2n) is 18.0.